The van der Waals surface area contributed by atoms with E-state index in [4.69, 9.17) is 44.3 Å². The number of hydrogen-bond acceptors (Lipinski definition) is 5. The number of amides is 1. The van der Waals surface area contributed by atoms with Crippen molar-refractivity contribution in [2.45, 2.75) is 13.3 Å². The van der Waals surface area contributed by atoms with Crippen LogP contribution in [0, 0.1) is 0 Å². The molecule has 0 radical (unpaired) electrons. The van der Waals surface area contributed by atoms with Crippen LogP contribution in [-0.4, -0.2) is 30.4 Å². The van der Waals surface area contributed by atoms with Crippen molar-refractivity contribution < 1.29 is 19.4 Å². The SMILES string of the molecule is C=CCc1cc(/C=N\NC(=O)COc2cc(Cl)cc(Cl)c2Cl)cc(OCC)c1O. The normalized spacial score (nSPS) is 10.8. The maximum atomic E-state index is 11.9. The molecule has 29 heavy (non-hydrogen) atoms. The van der Waals surface area contributed by atoms with Gasteiger partial charge in [-0.3, -0.25) is 4.79 Å². The van der Waals surface area contributed by atoms with Gasteiger partial charge in [0.1, 0.15) is 10.8 Å². The zero-order chi connectivity index (χ0) is 21.4. The summed E-state index contributed by atoms with van der Waals surface area (Å²) in [6.45, 7) is 5.54. The van der Waals surface area contributed by atoms with E-state index in [2.05, 4.69) is 17.1 Å². The minimum Gasteiger partial charge on any atom is -0.504 e. The second kappa shape index (κ2) is 11.0. The van der Waals surface area contributed by atoms with E-state index in [0.717, 1.165) is 0 Å². The van der Waals surface area contributed by atoms with Gasteiger partial charge in [-0.1, -0.05) is 40.9 Å². The third kappa shape index (κ3) is 6.56. The number of phenolic OH excluding ortho intramolecular Hbond substituents is 1. The van der Waals surface area contributed by atoms with Crippen LogP contribution >= 0.6 is 34.8 Å². The highest BCUT2D eigenvalue weighted by Crippen LogP contribution is 2.35. The number of carbonyl (C=O) groups excluding carboxylic acids is 1. The molecule has 2 aromatic rings. The van der Waals surface area contributed by atoms with Gasteiger partial charge in [0.05, 0.1) is 17.8 Å². The maximum absolute atomic E-state index is 11.9. The number of allylic oxidation sites excluding steroid dienone is 1. The molecule has 6 nitrogen and oxygen atoms in total. The average Bonchev–Trinajstić information content (AvgIpc) is 2.67. The molecule has 0 bridgehead atoms. The second-order valence-corrected chi connectivity index (χ2v) is 6.96. The molecule has 154 valence electrons. The Bertz CT molecular complexity index is 932. The van der Waals surface area contributed by atoms with Gasteiger partial charge in [-0.15, -0.1) is 6.58 Å². The summed E-state index contributed by atoms with van der Waals surface area (Å²) in [5, 5.41) is 14.8. The van der Waals surface area contributed by atoms with Crippen LogP contribution in [0.2, 0.25) is 15.1 Å². The topological polar surface area (TPSA) is 80.2 Å². The standard InChI is InChI=1S/C20H19Cl3N2O4/c1-3-5-13-6-12(7-17(20(13)27)28-4-2)10-24-25-18(26)11-29-16-9-14(21)8-15(22)19(16)23/h3,6-10,27H,1,4-5,11H2,2H3,(H,25,26)/b24-10-. The lowest BCUT2D eigenvalue weighted by atomic mass is 10.1. The summed E-state index contributed by atoms with van der Waals surface area (Å²) in [5.74, 6) is 0.0645. The highest BCUT2D eigenvalue weighted by molar-refractivity contribution is 6.44. The molecule has 1 amide bonds. The quantitative estimate of drug-likeness (QED) is 0.240. The molecule has 0 aliphatic rings. The summed E-state index contributed by atoms with van der Waals surface area (Å²) in [4.78, 5) is 11.9. The first-order valence-corrected chi connectivity index (χ1v) is 9.67. The highest BCUT2D eigenvalue weighted by atomic mass is 35.5. The fourth-order valence-corrected chi connectivity index (χ4v) is 2.97. The Morgan fingerprint density at radius 3 is 2.66 bits per heavy atom. The van der Waals surface area contributed by atoms with Crippen LogP contribution in [0.15, 0.2) is 42.0 Å². The van der Waals surface area contributed by atoms with Crippen LogP contribution < -0.4 is 14.9 Å². The number of benzene rings is 2. The summed E-state index contributed by atoms with van der Waals surface area (Å²) < 4.78 is 10.8. The third-order valence-corrected chi connectivity index (χ3v) is 4.56. The van der Waals surface area contributed by atoms with Crippen LogP contribution in [0.5, 0.6) is 17.2 Å². The summed E-state index contributed by atoms with van der Waals surface area (Å²) >= 11 is 17.8. The van der Waals surface area contributed by atoms with Crippen molar-refractivity contribution in [3.63, 3.8) is 0 Å². The number of ether oxygens (including phenoxy) is 2. The Morgan fingerprint density at radius 2 is 1.97 bits per heavy atom. The largest absolute Gasteiger partial charge is 0.504 e. The molecule has 9 heteroatoms. The number of phenols is 1. The third-order valence-electron chi connectivity index (χ3n) is 3.56. The zero-order valence-corrected chi connectivity index (χ0v) is 17.8. The van der Waals surface area contributed by atoms with Crippen molar-refractivity contribution in [3.8, 4) is 17.2 Å². The van der Waals surface area contributed by atoms with Crippen molar-refractivity contribution in [1.29, 1.82) is 0 Å². The molecule has 0 fully saturated rings. The first kappa shape index (κ1) is 22.9. The molecule has 0 aliphatic carbocycles. The van der Waals surface area contributed by atoms with Crippen molar-refractivity contribution >= 4 is 46.9 Å². The summed E-state index contributed by atoms with van der Waals surface area (Å²) in [6.07, 6.45) is 3.55. The van der Waals surface area contributed by atoms with Crippen LogP contribution in [-0.2, 0) is 11.2 Å². The van der Waals surface area contributed by atoms with Crippen LogP contribution in [0.1, 0.15) is 18.1 Å². The van der Waals surface area contributed by atoms with Gasteiger partial charge in [0.2, 0.25) is 0 Å². The smallest absolute Gasteiger partial charge is 0.277 e. The number of nitrogens with one attached hydrogen (secondary N) is 1. The minimum absolute atomic E-state index is 0.0541. The highest BCUT2D eigenvalue weighted by Gasteiger charge is 2.11. The molecule has 0 atom stereocenters. The van der Waals surface area contributed by atoms with E-state index >= 15 is 0 Å². The molecule has 0 aliphatic heterocycles. The molecular formula is C20H19Cl3N2O4. The van der Waals surface area contributed by atoms with Gasteiger partial charge in [-0.05, 0) is 37.1 Å². The van der Waals surface area contributed by atoms with E-state index in [1.165, 1.54) is 18.3 Å². The molecule has 2 rings (SSSR count). The van der Waals surface area contributed by atoms with E-state index in [-0.39, 0.29) is 28.2 Å². The number of carbonyl (C=O) groups is 1. The van der Waals surface area contributed by atoms with Crippen molar-refractivity contribution in [3.05, 3.63) is 63.1 Å². The van der Waals surface area contributed by atoms with Gasteiger partial charge in [-0.25, -0.2) is 5.43 Å². The zero-order valence-electron chi connectivity index (χ0n) is 15.5. The maximum Gasteiger partial charge on any atom is 0.277 e. The molecule has 0 heterocycles. The summed E-state index contributed by atoms with van der Waals surface area (Å²) in [7, 11) is 0. The summed E-state index contributed by atoms with van der Waals surface area (Å²) in [5.41, 5.74) is 3.61. The number of aromatic hydroxyl groups is 1. The van der Waals surface area contributed by atoms with Crippen molar-refractivity contribution in [2.24, 2.45) is 5.10 Å². The Labute approximate surface area is 183 Å². The van der Waals surface area contributed by atoms with Crippen molar-refractivity contribution in [1.82, 2.24) is 5.43 Å². The van der Waals surface area contributed by atoms with Crippen LogP contribution in [0.3, 0.4) is 0 Å². The predicted molar refractivity (Wildman–Crippen MR) is 116 cm³/mol. The Kier molecular flexibility index (Phi) is 8.64. The van der Waals surface area contributed by atoms with Gasteiger partial charge in [0.15, 0.2) is 18.1 Å². The number of hydrazone groups is 1. The minimum atomic E-state index is -0.511. The predicted octanol–water partition coefficient (Wildman–Crippen LogP) is 5.01. The van der Waals surface area contributed by atoms with E-state index in [1.807, 2.05) is 6.92 Å². The Hall–Kier alpha value is -2.41. The van der Waals surface area contributed by atoms with Crippen LogP contribution in [0.25, 0.3) is 0 Å². The first-order valence-electron chi connectivity index (χ1n) is 8.54. The van der Waals surface area contributed by atoms with E-state index in [1.54, 1.807) is 18.2 Å². The van der Waals surface area contributed by atoms with Gasteiger partial charge < -0.3 is 14.6 Å². The molecule has 0 saturated heterocycles. The lowest BCUT2D eigenvalue weighted by Crippen LogP contribution is -2.24. The Balaban J connectivity index is 2.02. The fraction of sp³-hybridized carbons (Fsp3) is 0.200. The number of rotatable bonds is 9. The van der Waals surface area contributed by atoms with Gasteiger partial charge in [-0.2, -0.15) is 5.10 Å². The van der Waals surface area contributed by atoms with E-state index in [0.29, 0.717) is 34.9 Å². The first-order chi connectivity index (χ1) is 13.8. The Morgan fingerprint density at radius 1 is 1.21 bits per heavy atom. The molecule has 0 spiro atoms. The number of halogens is 3. The average molecular weight is 458 g/mol. The monoisotopic (exact) mass is 456 g/mol. The van der Waals surface area contributed by atoms with E-state index in [9.17, 15) is 9.90 Å². The van der Waals surface area contributed by atoms with E-state index < -0.39 is 5.91 Å². The second-order valence-electron chi connectivity index (χ2n) is 5.73. The molecule has 0 saturated carbocycles. The lowest BCUT2D eigenvalue weighted by Gasteiger charge is -2.11. The number of nitrogens with zero attached hydrogens (tertiary/aromatic N) is 1. The molecule has 2 aromatic carbocycles. The van der Waals surface area contributed by atoms with Crippen LogP contribution in [0.4, 0.5) is 0 Å². The van der Waals surface area contributed by atoms with Gasteiger partial charge in [0, 0.05) is 16.7 Å². The molecule has 0 unspecified atom stereocenters. The molecular weight excluding hydrogens is 439 g/mol. The van der Waals surface area contributed by atoms with Crippen molar-refractivity contribution in [2.75, 3.05) is 13.2 Å². The fourth-order valence-electron chi connectivity index (χ4n) is 2.33. The van der Waals surface area contributed by atoms with Gasteiger partial charge >= 0.3 is 0 Å². The number of hydrogen-bond donors (Lipinski definition) is 2. The van der Waals surface area contributed by atoms with Gasteiger partial charge in [0.25, 0.3) is 5.91 Å². The summed E-state index contributed by atoms with van der Waals surface area (Å²) in [6, 6.07) is 6.27. The molecule has 0 aromatic heterocycles. The lowest BCUT2D eigenvalue weighted by molar-refractivity contribution is -0.123. The molecule has 2 N–H and O–H groups in total.